The Labute approximate surface area is 165 Å². The van der Waals surface area contributed by atoms with Crippen molar-refractivity contribution < 1.29 is 32.2 Å². The fourth-order valence-corrected chi connectivity index (χ4v) is 2.50. The van der Waals surface area contributed by atoms with E-state index in [1.165, 1.54) is 7.11 Å². The molecule has 5 nitrogen and oxygen atoms in total. The number of amides is 1. The van der Waals surface area contributed by atoms with Gasteiger partial charge in [0.1, 0.15) is 18.1 Å². The molecule has 0 radical (unpaired) electrons. The van der Waals surface area contributed by atoms with E-state index in [-0.39, 0.29) is 24.7 Å². The number of anilines is 1. The molecule has 2 aromatic rings. The topological polar surface area (TPSA) is 56.8 Å². The minimum atomic E-state index is -4.55. The van der Waals surface area contributed by atoms with Gasteiger partial charge in [0.05, 0.1) is 17.9 Å². The normalized spacial score (nSPS) is 11.2. The van der Waals surface area contributed by atoms with Gasteiger partial charge in [0.15, 0.2) is 6.61 Å². The smallest absolute Gasteiger partial charge is 0.416 e. The van der Waals surface area contributed by atoms with E-state index in [0.29, 0.717) is 10.8 Å². The van der Waals surface area contributed by atoms with Crippen molar-refractivity contribution in [2.75, 3.05) is 32.2 Å². The van der Waals surface area contributed by atoms with Crippen molar-refractivity contribution in [2.24, 2.45) is 0 Å². The summed E-state index contributed by atoms with van der Waals surface area (Å²) in [6, 6.07) is 7.73. The van der Waals surface area contributed by atoms with Crippen molar-refractivity contribution in [2.45, 2.75) is 13.1 Å². The average Bonchev–Trinajstić information content (AvgIpc) is 2.61. The number of rotatable bonds is 8. The molecule has 1 amide bonds. The van der Waals surface area contributed by atoms with E-state index >= 15 is 0 Å². The van der Waals surface area contributed by atoms with E-state index in [1.54, 1.807) is 25.1 Å². The maximum Gasteiger partial charge on any atom is 0.416 e. The molecule has 0 heterocycles. The van der Waals surface area contributed by atoms with E-state index < -0.39 is 24.3 Å². The van der Waals surface area contributed by atoms with Crippen molar-refractivity contribution in [1.29, 1.82) is 0 Å². The Morgan fingerprint density at radius 3 is 2.43 bits per heavy atom. The maximum absolute atomic E-state index is 13.0. The molecule has 0 fully saturated rings. The Morgan fingerprint density at radius 1 is 1.07 bits per heavy atom. The van der Waals surface area contributed by atoms with Crippen LogP contribution in [0.15, 0.2) is 36.4 Å². The first kappa shape index (κ1) is 21.8. The number of benzene rings is 2. The summed E-state index contributed by atoms with van der Waals surface area (Å²) in [5.74, 6) is -0.0912. The maximum atomic E-state index is 13.0. The standard InChI is InChI=1S/C19H19ClF3NO4/c1-12-9-14(20)4-6-16(12)28-11-18(25)24-15-10-13(19(21,22)23)3-5-17(15)27-8-7-26-2/h3-6,9-10H,7-8,11H2,1-2H3,(H,24,25). The third kappa shape index (κ3) is 6.31. The van der Waals surface area contributed by atoms with Gasteiger partial charge in [-0.15, -0.1) is 0 Å². The summed E-state index contributed by atoms with van der Waals surface area (Å²) in [5, 5.41) is 2.92. The lowest BCUT2D eigenvalue weighted by molar-refractivity contribution is -0.137. The number of ether oxygens (including phenoxy) is 3. The van der Waals surface area contributed by atoms with Gasteiger partial charge in [-0.3, -0.25) is 4.79 Å². The van der Waals surface area contributed by atoms with Gasteiger partial charge in [0, 0.05) is 12.1 Å². The molecule has 9 heteroatoms. The predicted octanol–water partition coefficient (Wildman–Crippen LogP) is 4.71. The number of nitrogens with one attached hydrogen (secondary N) is 1. The van der Waals surface area contributed by atoms with E-state index in [9.17, 15) is 18.0 Å². The molecule has 0 saturated carbocycles. The number of aryl methyl sites for hydroxylation is 1. The van der Waals surface area contributed by atoms with E-state index in [2.05, 4.69) is 5.32 Å². The molecule has 2 aromatic carbocycles. The molecule has 28 heavy (non-hydrogen) atoms. The molecule has 0 bridgehead atoms. The monoisotopic (exact) mass is 417 g/mol. The molecular weight excluding hydrogens is 399 g/mol. The van der Waals surface area contributed by atoms with Crippen LogP contribution in [0.3, 0.4) is 0 Å². The largest absolute Gasteiger partial charge is 0.489 e. The van der Waals surface area contributed by atoms with Crippen LogP contribution in [0.2, 0.25) is 5.02 Å². The van der Waals surface area contributed by atoms with Crippen LogP contribution in [0.5, 0.6) is 11.5 Å². The highest BCUT2D eigenvalue weighted by Crippen LogP contribution is 2.35. The summed E-state index contributed by atoms with van der Waals surface area (Å²) in [7, 11) is 1.47. The first-order chi connectivity index (χ1) is 13.2. The summed E-state index contributed by atoms with van der Waals surface area (Å²) in [6.07, 6.45) is -4.55. The van der Waals surface area contributed by atoms with E-state index in [4.69, 9.17) is 25.8 Å². The minimum Gasteiger partial charge on any atom is -0.489 e. The first-order valence-electron chi connectivity index (χ1n) is 8.22. The molecule has 0 aromatic heterocycles. The fraction of sp³-hybridized carbons (Fsp3) is 0.316. The predicted molar refractivity (Wildman–Crippen MR) is 99.1 cm³/mol. The van der Waals surface area contributed by atoms with Crippen LogP contribution in [-0.2, 0) is 15.7 Å². The van der Waals surface area contributed by atoms with Crippen LogP contribution in [0.4, 0.5) is 18.9 Å². The highest BCUT2D eigenvalue weighted by molar-refractivity contribution is 6.30. The minimum absolute atomic E-state index is 0.0982. The Morgan fingerprint density at radius 2 is 1.79 bits per heavy atom. The fourth-order valence-electron chi connectivity index (χ4n) is 2.27. The number of hydrogen-bond acceptors (Lipinski definition) is 4. The number of carbonyl (C=O) groups excluding carboxylic acids is 1. The van der Waals surface area contributed by atoms with Crippen molar-refractivity contribution in [3.05, 3.63) is 52.5 Å². The third-order valence-electron chi connectivity index (χ3n) is 3.62. The second kappa shape index (κ2) is 9.66. The molecular formula is C19H19ClF3NO4. The molecule has 0 atom stereocenters. The molecule has 0 saturated heterocycles. The Balaban J connectivity index is 2.11. The van der Waals surface area contributed by atoms with Crippen molar-refractivity contribution >= 4 is 23.2 Å². The second-order valence-electron chi connectivity index (χ2n) is 5.80. The summed E-state index contributed by atoms with van der Waals surface area (Å²) in [4.78, 5) is 12.2. The number of halogens is 4. The number of hydrogen-bond donors (Lipinski definition) is 1. The van der Waals surface area contributed by atoms with Gasteiger partial charge in [-0.1, -0.05) is 11.6 Å². The molecule has 0 aliphatic carbocycles. The molecule has 1 N–H and O–H groups in total. The lowest BCUT2D eigenvalue weighted by Crippen LogP contribution is -2.21. The van der Waals surface area contributed by atoms with Gasteiger partial charge in [-0.2, -0.15) is 13.2 Å². The van der Waals surface area contributed by atoms with Crippen molar-refractivity contribution in [1.82, 2.24) is 0 Å². The summed E-state index contributed by atoms with van der Waals surface area (Å²) in [5.41, 5.74) is -0.285. The van der Waals surface area contributed by atoms with Crippen LogP contribution >= 0.6 is 11.6 Å². The molecule has 0 aliphatic rings. The van der Waals surface area contributed by atoms with Gasteiger partial charge >= 0.3 is 6.18 Å². The van der Waals surface area contributed by atoms with Crippen LogP contribution in [0.1, 0.15) is 11.1 Å². The quantitative estimate of drug-likeness (QED) is 0.632. The van der Waals surface area contributed by atoms with Crippen LogP contribution < -0.4 is 14.8 Å². The lowest BCUT2D eigenvalue weighted by Gasteiger charge is -2.16. The van der Waals surface area contributed by atoms with Crippen LogP contribution in [-0.4, -0.2) is 32.8 Å². The van der Waals surface area contributed by atoms with Crippen molar-refractivity contribution in [3.63, 3.8) is 0 Å². The van der Waals surface area contributed by atoms with E-state index in [0.717, 1.165) is 23.8 Å². The Bertz CT molecular complexity index is 827. The summed E-state index contributed by atoms with van der Waals surface area (Å²) < 4.78 is 54.6. The number of alkyl halides is 3. The van der Waals surface area contributed by atoms with Gasteiger partial charge in [0.2, 0.25) is 0 Å². The summed E-state index contributed by atoms with van der Waals surface area (Å²) >= 11 is 5.86. The zero-order chi connectivity index (χ0) is 20.7. The van der Waals surface area contributed by atoms with Crippen molar-refractivity contribution in [3.8, 4) is 11.5 Å². The van der Waals surface area contributed by atoms with Gasteiger partial charge < -0.3 is 19.5 Å². The van der Waals surface area contributed by atoms with Gasteiger partial charge in [0.25, 0.3) is 5.91 Å². The SMILES string of the molecule is COCCOc1ccc(C(F)(F)F)cc1NC(=O)COc1ccc(Cl)cc1C. The molecule has 0 aliphatic heterocycles. The molecule has 2 rings (SSSR count). The highest BCUT2D eigenvalue weighted by atomic mass is 35.5. The Hall–Kier alpha value is -2.45. The molecule has 0 unspecified atom stereocenters. The zero-order valence-electron chi connectivity index (χ0n) is 15.2. The van der Waals surface area contributed by atoms with Gasteiger partial charge in [-0.05, 0) is 48.9 Å². The van der Waals surface area contributed by atoms with E-state index in [1.807, 2.05) is 0 Å². The zero-order valence-corrected chi connectivity index (χ0v) is 16.0. The lowest BCUT2D eigenvalue weighted by atomic mass is 10.1. The van der Waals surface area contributed by atoms with Crippen LogP contribution in [0, 0.1) is 6.92 Å². The summed E-state index contributed by atoms with van der Waals surface area (Å²) in [6.45, 7) is 1.72. The number of carbonyl (C=O) groups is 1. The molecule has 0 spiro atoms. The van der Waals surface area contributed by atoms with Crippen LogP contribution in [0.25, 0.3) is 0 Å². The third-order valence-corrected chi connectivity index (χ3v) is 3.86. The second-order valence-corrected chi connectivity index (χ2v) is 6.23. The Kier molecular flexibility index (Phi) is 7.53. The van der Waals surface area contributed by atoms with Gasteiger partial charge in [-0.25, -0.2) is 0 Å². The average molecular weight is 418 g/mol. The number of methoxy groups -OCH3 is 1. The molecule has 152 valence electrons. The highest BCUT2D eigenvalue weighted by Gasteiger charge is 2.31. The first-order valence-corrected chi connectivity index (χ1v) is 8.60.